The predicted molar refractivity (Wildman–Crippen MR) is 64.0 cm³/mol. The highest BCUT2D eigenvalue weighted by molar-refractivity contribution is 5.17. The molecule has 82 valence electrons. The number of nitrogens with zero attached hydrogens (tertiary/aromatic N) is 1. The molecule has 2 aromatic rings. The van der Waals surface area contributed by atoms with Crippen LogP contribution in [0.1, 0.15) is 23.7 Å². The lowest BCUT2D eigenvalue weighted by Crippen LogP contribution is -1.99. The lowest BCUT2D eigenvalue weighted by Gasteiger charge is -2.10. The molecule has 0 unspecified atom stereocenters. The molecule has 0 saturated heterocycles. The van der Waals surface area contributed by atoms with E-state index in [1.165, 1.54) is 5.56 Å². The van der Waals surface area contributed by atoms with E-state index in [-0.39, 0.29) is 0 Å². The molecule has 2 rings (SSSR count). The SMILES string of the molecule is O[C@@H](CCc1ccccc1)c1ccncc1. The molecule has 0 amide bonds. The minimum absolute atomic E-state index is 0.400. The molecule has 1 atom stereocenters. The van der Waals surface area contributed by atoms with E-state index >= 15 is 0 Å². The standard InChI is InChI=1S/C14H15NO/c16-14(13-8-10-15-11-9-13)7-6-12-4-2-1-3-5-12/h1-5,8-11,14,16H,6-7H2/t14-/m0/s1. The van der Waals surface area contributed by atoms with Gasteiger partial charge in [-0.05, 0) is 36.1 Å². The molecule has 0 aliphatic heterocycles. The van der Waals surface area contributed by atoms with Gasteiger partial charge in [0.15, 0.2) is 0 Å². The maximum atomic E-state index is 9.95. The summed E-state index contributed by atoms with van der Waals surface area (Å²) in [5.41, 5.74) is 2.20. The molecule has 2 heteroatoms. The third kappa shape index (κ3) is 2.91. The van der Waals surface area contributed by atoms with E-state index in [0.717, 1.165) is 18.4 Å². The molecule has 16 heavy (non-hydrogen) atoms. The summed E-state index contributed by atoms with van der Waals surface area (Å²) in [4.78, 5) is 3.93. The molecule has 2 nitrogen and oxygen atoms in total. The van der Waals surface area contributed by atoms with Crippen molar-refractivity contribution >= 4 is 0 Å². The van der Waals surface area contributed by atoms with Crippen LogP contribution in [0.4, 0.5) is 0 Å². The molecule has 1 heterocycles. The van der Waals surface area contributed by atoms with Crippen LogP contribution in [-0.2, 0) is 6.42 Å². The molecular weight excluding hydrogens is 198 g/mol. The van der Waals surface area contributed by atoms with Crippen LogP contribution in [0.25, 0.3) is 0 Å². The summed E-state index contributed by atoms with van der Waals surface area (Å²) in [6.45, 7) is 0. The number of hydrogen-bond acceptors (Lipinski definition) is 2. The number of aromatic nitrogens is 1. The van der Waals surface area contributed by atoms with Crippen LogP contribution >= 0.6 is 0 Å². The zero-order chi connectivity index (χ0) is 11.2. The van der Waals surface area contributed by atoms with Gasteiger partial charge in [-0.3, -0.25) is 4.98 Å². The molecule has 1 N–H and O–H groups in total. The average Bonchev–Trinajstić information content (AvgIpc) is 2.38. The van der Waals surface area contributed by atoms with Gasteiger partial charge in [-0.1, -0.05) is 30.3 Å². The maximum absolute atomic E-state index is 9.95. The highest BCUT2D eigenvalue weighted by Gasteiger charge is 2.06. The van der Waals surface area contributed by atoms with Crippen molar-refractivity contribution in [3.63, 3.8) is 0 Å². The number of aliphatic hydroxyl groups is 1. The fourth-order valence-electron chi connectivity index (χ4n) is 1.70. The number of aliphatic hydroxyl groups excluding tert-OH is 1. The molecule has 0 saturated carbocycles. The van der Waals surface area contributed by atoms with Crippen molar-refractivity contribution in [3.8, 4) is 0 Å². The van der Waals surface area contributed by atoms with Gasteiger partial charge in [0.1, 0.15) is 0 Å². The zero-order valence-corrected chi connectivity index (χ0v) is 9.08. The van der Waals surface area contributed by atoms with E-state index in [4.69, 9.17) is 0 Å². The zero-order valence-electron chi connectivity index (χ0n) is 9.08. The smallest absolute Gasteiger partial charge is 0.0794 e. The van der Waals surface area contributed by atoms with Crippen molar-refractivity contribution in [3.05, 3.63) is 66.0 Å². The number of rotatable bonds is 4. The lowest BCUT2D eigenvalue weighted by molar-refractivity contribution is 0.167. The Hall–Kier alpha value is -1.67. The molecule has 0 radical (unpaired) electrons. The predicted octanol–water partition coefficient (Wildman–Crippen LogP) is 2.75. The van der Waals surface area contributed by atoms with E-state index in [1.807, 2.05) is 30.3 Å². The van der Waals surface area contributed by atoms with Gasteiger partial charge >= 0.3 is 0 Å². The van der Waals surface area contributed by atoms with Crippen LogP contribution in [-0.4, -0.2) is 10.1 Å². The summed E-state index contributed by atoms with van der Waals surface area (Å²) < 4.78 is 0. The molecular formula is C14H15NO. The third-order valence-corrected chi connectivity index (χ3v) is 2.64. The third-order valence-electron chi connectivity index (χ3n) is 2.64. The summed E-state index contributed by atoms with van der Waals surface area (Å²) in [7, 11) is 0. The monoisotopic (exact) mass is 213 g/mol. The fourth-order valence-corrected chi connectivity index (χ4v) is 1.70. The number of aryl methyl sites for hydroxylation is 1. The van der Waals surface area contributed by atoms with Gasteiger partial charge in [-0.15, -0.1) is 0 Å². The van der Waals surface area contributed by atoms with Crippen LogP contribution < -0.4 is 0 Å². The number of hydrogen-bond donors (Lipinski definition) is 1. The van der Waals surface area contributed by atoms with Crippen LogP contribution in [0.15, 0.2) is 54.9 Å². The first kappa shape index (κ1) is 10.8. The van der Waals surface area contributed by atoms with Gasteiger partial charge in [0.25, 0.3) is 0 Å². The topological polar surface area (TPSA) is 33.1 Å². The quantitative estimate of drug-likeness (QED) is 0.847. The Morgan fingerprint density at radius 2 is 1.69 bits per heavy atom. The molecule has 0 bridgehead atoms. The normalized spacial score (nSPS) is 12.3. The second kappa shape index (κ2) is 5.42. The first-order valence-electron chi connectivity index (χ1n) is 5.48. The van der Waals surface area contributed by atoms with E-state index in [9.17, 15) is 5.11 Å². The second-order valence-electron chi connectivity index (χ2n) is 3.82. The average molecular weight is 213 g/mol. The van der Waals surface area contributed by atoms with E-state index in [1.54, 1.807) is 12.4 Å². The van der Waals surface area contributed by atoms with Gasteiger partial charge < -0.3 is 5.11 Å². The highest BCUT2D eigenvalue weighted by atomic mass is 16.3. The highest BCUT2D eigenvalue weighted by Crippen LogP contribution is 2.17. The van der Waals surface area contributed by atoms with Gasteiger partial charge in [0.2, 0.25) is 0 Å². The van der Waals surface area contributed by atoms with Gasteiger partial charge in [0.05, 0.1) is 6.10 Å². The molecule has 0 fully saturated rings. The van der Waals surface area contributed by atoms with Crippen LogP contribution in [0.2, 0.25) is 0 Å². The Balaban J connectivity index is 1.92. The van der Waals surface area contributed by atoms with Crippen LogP contribution in [0, 0.1) is 0 Å². The number of benzene rings is 1. The first-order valence-corrected chi connectivity index (χ1v) is 5.48. The van der Waals surface area contributed by atoms with E-state index in [2.05, 4.69) is 17.1 Å². The lowest BCUT2D eigenvalue weighted by atomic mass is 10.0. The Labute approximate surface area is 95.6 Å². The fraction of sp³-hybridized carbons (Fsp3) is 0.214. The summed E-state index contributed by atoms with van der Waals surface area (Å²) in [5, 5.41) is 9.95. The summed E-state index contributed by atoms with van der Waals surface area (Å²) >= 11 is 0. The Morgan fingerprint density at radius 1 is 1.00 bits per heavy atom. The Morgan fingerprint density at radius 3 is 2.38 bits per heavy atom. The minimum atomic E-state index is -0.400. The minimum Gasteiger partial charge on any atom is -0.388 e. The van der Waals surface area contributed by atoms with Crippen LogP contribution in [0.3, 0.4) is 0 Å². The molecule has 0 aliphatic carbocycles. The Kier molecular flexibility index (Phi) is 3.67. The van der Waals surface area contributed by atoms with Gasteiger partial charge in [-0.2, -0.15) is 0 Å². The van der Waals surface area contributed by atoms with Crippen molar-refractivity contribution in [2.75, 3.05) is 0 Å². The van der Waals surface area contributed by atoms with E-state index in [0.29, 0.717) is 0 Å². The Bertz CT molecular complexity index is 413. The van der Waals surface area contributed by atoms with Crippen molar-refractivity contribution < 1.29 is 5.11 Å². The number of pyridine rings is 1. The molecule has 0 spiro atoms. The largest absolute Gasteiger partial charge is 0.388 e. The van der Waals surface area contributed by atoms with Crippen molar-refractivity contribution in [1.29, 1.82) is 0 Å². The van der Waals surface area contributed by atoms with Crippen LogP contribution in [0.5, 0.6) is 0 Å². The van der Waals surface area contributed by atoms with Crippen molar-refractivity contribution in [2.45, 2.75) is 18.9 Å². The summed E-state index contributed by atoms with van der Waals surface area (Å²) in [6, 6.07) is 13.9. The summed E-state index contributed by atoms with van der Waals surface area (Å²) in [5.74, 6) is 0. The van der Waals surface area contributed by atoms with Crippen molar-refractivity contribution in [2.24, 2.45) is 0 Å². The van der Waals surface area contributed by atoms with E-state index < -0.39 is 6.10 Å². The molecule has 1 aromatic carbocycles. The second-order valence-corrected chi connectivity index (χ2v) is 3.82. The van der Waals surface area contributed by atoms with Gasteiger partial charge in [0, 0.05) is 12.4 Å². The first-order chi connectivity index (χ1) is 7.86. The van der Waals surface area contributed by atoms with Gasteiger partial charge in [-0.25, -0.2) is 0 Å². The van der Waals surface area contributed by atoms with Crippen molar-refractivity contribution in [1.82, 2.24) is 4.98 Å². The maximum Gasteiger partial charge on any atom is 0.0794 e. The molecule has 1 aromatic heterocycles. The molecule has 0 aliphatic rings. The summed E-state index contributed by atoms with van der Waals surface area (Å²) in [6.07, 6.45) is 4.66.